The highest BCUT2D eigenvalue weighted by Gasteiger charge is 2.05. The molecule has 2 N–H and O–H groups in total. The second-order valence-electron chi connectivity index (χ2n) is 3.03. The molecule has 1 amide bonds. The van der Waals surface area contributed by atoms with Gasteiger partial charge in [0.2, 0.25) is 0 Å². The standard InChI is InChI=1S/C11H10N2O3S/c14-9(15)6-7-12-11(17)13-10(16)8-4-2-1-3-5-8/h1-5,7H,6H2,(H,14,15)(H,13,16,17). The van der Waals surface area contributed by atoms with Crippen molar-refractivity contribution in [3.8, 4) is 0 Å². The fourth-order valence-corrected chi connectivity index (χ4v) is 1.16. The zero-order valence-electron chi connectivity index (χ0n) is 8.79. The molecular weight excluding hydrogens is 240 g/mol. The number of thiocarbonyl (C=S) groups is 1. The highest BCUT2D eigenvalue weighted by atomic mass is 32.1. The molecule has 0 fully saturated rings. The molecule has 0 atom stereocenters. The maximum atomic E-state index is 11.6. The normalized spacial score (nSPS) is 10.1. The molecule has 0 aliphatic carbocycles. The molecule has 0 aromatic heterocycles. The SMILES string of the molecule is O=C(O)CC=NC(=S)NC(=O)c1ccccc1. The second kappa shape index (κ2) is 6.49. The highest BCUT2D eigenvalue weighted by molar-refractivity contribution is 7.80. The van der Waals surface area contributed by atoms with Crippen LogP contribution in [0.2, 0.25) is 0 Å². The Morgan fingerprint density at radius 3 is 2.59 bits per heavy atom. The summed E-state index contributed by atoms with van der Waals surface area (Å²) in [5.74, 6) is -1.38. The molecule has 0 unspecified atom stereocenters. The molecule has 0 aliphatic heterocycles. The van der Waals surface area contributed by atoms with E-state index in [4.69, 9.17) is 17.3 Å². The second-order valence-corrected chi connectivity index (χ2v) is 3.42. The highest BCUT2D eigenvalue weighted by Crippen LogP contribution is 1.97. The fourth-order valence-electron chi connectivity index (χ4n) is 0.998. The predicted octanol–water partition coefficient (Wildman–Crippen LogP) is 1.25. The fraction of sp³-hybridized carbons (Fsp3) is 0.0909. The van der Waals surface area contributed by atoms with Crippen molar-refractivity contribution >= 4 is 35.4 Å². The molecule has 0 aliphatic rings. The molecule has 0 bridgehead atoms. The van der Waals surface area contributed by atoms with Crippen molar-refractivity contribution in [2.24, 2.45) is 4.99 Å². The molecule has 17 heavy (non-hydrogen) atoms. The molecule has 0 saturated heterocycles. The Morgan fingerprint density at radius 2 is 2.00 bits per heavy atom. The first-order valence-corrected chi connectivity index (χ1v) is 5.15. The number of carboxylic acid groups (broad SMARTS) is 1. The van der Waals surface area contributed by atoms with Crippen LogP contribution < -0.4 is 5.32 Å². The molecule has 0 heterocycles. The lowest BCUT2D eigenvalue weighted by atomic mass is 10.2. The van der Waals surface area contributed by atoms with E-state index in [1.165, 1.54) is 0 Å². The first-order valence-electron chi connectivity index (χ1n) is 4.74. The van der Waals surface area contributed by atoms with Crippen LogP contribution in [0.25, 0.3) is 0 Å². The molecule has 1 aromatic rings. The van der Waals surface area contributed by atoms with Gasteiger partial charge >= 0.3 is 5.97 Å². The molecule has 1 aromatic carbocycles. The Morgan fingerprint density at radius 1 is 1.35 bits per heavy atom. The van der Waals surface area contributed by atoms with Crippen LogP contribution in [0.15, 0.2) is 35.3 Å². The smallest absolute Gasteiger partial charge is 0.308 e. The van der Waals surface area contributed by atoms with Crippen LogP contribution >= 0.6 is 12.2 Å². The Hall–Kier alpha value is -2.08. The lowest BCUT2D eigenvalue weighted by Gasteiger charge is -2.01. The molecule has 0 saturated carbocycles. The summed E-state index contributed by atoms with van der Waals surface area (Å²) in [5, 5.41) is 10.7. The summed E-state index contributed by atoms with van der Waals surface area (Å²) < 4.78 is 0. The zero-order chi connectivity index (χ0) is 12.7. The van der Waals surface area contributed by atoms with Crippen molar-refractivity contribution in [3.05, 3.63) is 35.9 Å². The third kappa shape index (κ3) is 4.98. The lowest BCUT2D eigenvalue weighted by Crippen LogP contribution is -2.27. The maximum absolute atomic E-state index is 11.6. The summed E-state index contributed by atoms with van der Waals surface area (Å²) in [7, 11) is 0. The topological polar surface area (TPSA) is 78.8 Å². The quantitative estimate of drug-likeness (QED) is 0.625. The largest absolute Gasteiger partial charge is 0.481 e. The number of aliphatic carboxylic acids is 1. The number of aliphatic imine (C=N–C) groups is 1. The van der Waals surface area contributed by atoms with E-state index in [2.05, 4.69) is 10.3 Å². The number of hydrogen-bond acceptors (Lipinski definition) is 3. The Balaban J connectivity index is 2.50. The van der Waals surface area contributed by atoms with E-state index >= 15 is 0 Å². The summed E-state index contributed by atoms with van der Waals surface area (Å²) in [6.45, 7) is 0. The van der Waals surface area contributed by atoms with Gasteiger partial charge in [-0.15, -0.1) is 0 Å². The summed E-state index contributed by atoms with van der Waals surface area (Å²) >= 11 is 4.76. The van der Waals surface area contributed by atoms with Crippen LogP contribution in [0.1, 0.15) is 16.8 Å². The molecular formula is C11H10N2O3S. The van der Waals surface area contributed by atoms with Crippen molar-refractivity contribution in [1.29, 1.82) is 0 Å². The van der Waals surface area contributed by atoms with E-state index in [1.807, 2.05) is 0 Å². The van der Waals surface area contributed by atoms with Crippen LogP contribution in [0.5, 0.6) is 0 Å². The van der Waals surface area contributed by atoms with Gasteiger partial charge in [-0.1, -0.05) is 18.2 Å². The number of carbonyl (C=O) groups excluding carboxylic acids is 1. The van der Waals surface area contributed by atoms with Gasteiger partial charge in [-0.25, -0.2) is 4.99 Å². The molecule has 6 heteroatoms. The van der Waals surface area contributed by atoms with Crippen molar-refractivity contribution in [1.82, 2.24) is 5.32 Å². The van der Waals surface area contributed by atoms with E-state index in [1.54, 1.807) is 30.3 Å². The van der Waals surface area contributed by atoms with Crippen LogP contribution in [0.3, 0.4) is 0 Å². The molecule has 1 rings (SSSR count). The lowest BCUT2D eigenvalue weighted by molar-refractivity contribution is -0.135. The Kier molecular flexibility index (Phi) is 4.96. The molecule has 5 nitrogen and oxygen atoms in total. The summed E-state index contributed by atoms with van der Waals surface area (Å²) in [6.07, 6.45) is 0.900. The zero-order valence-corrected chi connectivity index (χ0v) is 9.61. The predicted molar refractivity (Wildman–Crippen MR) is 67.3 cm³/mol. The van der Waals surface area contributed by atoms with Gasteiger partial charge in [0.1, 0.15) is 0 Å². The van der Waals surface area contributed by atoms with Crippen LogP contribution in [-0.4, -0.2) is 28.3 Å². The van der Waals surface area contributed by atoms with Crippen LogP contribution in [0.4, 0.5) is 0 Å². The van der Waals surface area contributed by atoms with E-state index in [0.29, 0.717) is 5.56 Å². The number of benzene rings is 1. The summed E-state index contributed by atoms with van der Waals surface area (Å²) in [4.78, 5) is 25.4. The number of amides is 1. The molecule has 0 radical (unpaired) electrons. The number of nitrogens with one attached hydrogen (secondary N) is 1. The number of rotatable bonds is 3. The van der Waals surface area contributed by atoms with Crippen LogP contribution in [0, 0.1) is 0 Å². The van der Waals surface area contributed by atoms with E-state index in [9.17, 15) is 9.59 Å². The van der Waals surface area contributed by atoms with Gasteiger partial charge in [0.15, 0.2) is 5.11 Å². The third-order valence-electron chi connectivity index (χ3n) is 1.73. The molecule has 88 valence electrons. The van der Waals surface area contributed by atoms with Gasteiger partial charge < -0.3 is 5.11 Å². The summed E-state index contributed by atoms with van der Waals surface area (Å²) in [5.41, 5.74) is 0.461. The van der Waals surface area contributed by atoms with Gasteiger partial charge in [0.25, 0.3) is 5.91 Å². The van der Waals surface area contributed by atoms with Gasteiger partial charge in [-0.2, -0.15) is 0 Å². The van der Waals surface area contributed by atoms with Crippen molar-refractivity contribution in [3.63, 3.8) is 0 Å². The number of carbonyl (C=O) groups is 2. The Labute approximate surface area is 103 Å². The first-order chi connectivity index (χ1) is 8.09. The maximum Gasteiger partial charge on any atom is 0.308 e. The average Bonchev–Trinajstić information content (AvgIpc) is 2.29. The average molecular weight is 250 g/mol. The number of nitrogens with zero attached hydrogens (tertiary/aromatic N) is 1. The third-order valence-corrected chi connectivity index (χ3v) is 1.94. The van der Waals surface area contributed by atoms with E-state index < -0.39 is 5.97 Å². The van der Waals surface area contributed by atoms with Gasteiger partial charge in [-0.3, -0.25) is 14.9 Å². The van der Waals surface area contributed by atoms with E-state index in [0.717, 1.165) is 6.21 Å². The minimum absolute atomic E-state index is 0.0555. The van der Waals surface area contributed by atoms with Gasteiger partial charge in [0.05, 0.1) is 6.42 Å². The minimum Gasteiger partial charge on any atom is -0.481 e. The van der Waals surface area contributed by atoms with Crippen molar-refractivity contribution < 1.29 is 14.7 Å². The minimum atomic E-state index is -1.01. The van der Waals surface area contributed by atoms with Gasteiger partial charge in [-0.05, 0) is 24.4 Å². The summed E-state index contributed by atoms with van der Waals surface area (Å²) in [6, 6.07) is 8.52. The van der Waals surface area contributed by atoms with Crippen LogP contribution in [-0.2, 0) is 4.79 Å². The Bertz CT molecular complexity index is 457. The van der Waals surface area contributed by atoms with Crippen molar-refractivity contribution in [2.45, 2.75) is 6.42 Å². The number of hydrogen-bond donors (Lipinski definition) is 2. The van der Waals surface area contributed by atoms with E-state index in [-0.39, 0.29) is 17.4 Å². The first kappa shape index (κ1) is 13.0. The van der Waals surface area contributed by atoms with Gasteiger partial charge in [0, 0.05) is 11.8 Å². The van der Waals surface area contributed by atoms with Crippen molar-refractivity contribution in [2.75, 3.05) is 0 Å². The number of carboxylic acids is 1. The molecule has 0 spiro atoms. The monoisotopic (exact) mass is 250 g/mol.